The number of nitrogens with zero attached hydrogens (tertiary/aromatic N) is 1. The van der Waals surface area contributed by atoms with Crippen molar-refractivity contribution in [2.75, 3.05) is 19.6 Å². The molecule has 0 spiro atoms. The first kappa shape index (κ1) is 23.7. The van der Waals surface area contributed by atoms with Gasteiger partial charge in [0.1, 0.15) is 6.10 Å². The van der Waals surface area contributed by atoms with Gasteiger partial charge in [0.15, 0.2) is 0 Å². The normalized spacial score (nSPS) is 17.8. The first-order valence-corrected chi connectivity index (χ1v) is 11.0. The van der Waals surface area contributed by atoms with Crippen molar-refractivity contribution < 1.29 is 11.0 Å². The van der Waals surface area contributed by atoms with Crippen molar-refractivity contribution in [3.8, 4) is 0 Å². The SMILES string of the molecule is C/C=C\C=C/CCN1CCC(OC(=O)N/C(=C/C=C\C)C(C)c2ccccc2)CC1.[HH]. The van der Waals surface area contributed by atoms with Crippen LogP contribution in [0.4, 0.5) is 4.79 Å². The van der Waals surface area contributed by atoms with Crippen molar-refractivity contribution in [2.24, 2.45) is 0 Å². The van der Waals surface area contributed by atoms with Gasteiger partial charge in [-0.2, -0.15) is 0 Å². The van der Waals surface area contributed by atoms with E-state index in [0.717, 1.165) is 50.2 Å². The zero-order valence-corrected chi connectivity index (χ0v) is 18.6. The van der Waals surface area contributed by atoms with Gasteiger partial charge in [-0.15, -0.1) is 0 Å². The quantitative estimate of drug-likeness (QED) is 0.492. The second-order valence-electron chi connectivity index (χ2n) is 7.59. The number of piperidine rings is 1. The molecule has 1 N–H and O–H groups in total. The number of carbonyl (C=O) groups excluding carboxylic acids is 1. The van der Waals surface area contributed by atoms with Crippen LogP contribution >= 0.6 is 0 Å². The van der Waals surface area contributed by atoms with Gasteiger partial charge in [0.2, 0.25) is 0 Å². The Morgan fingerprint density at radius 1 is 1.17 bits per heavy atom. The van der Waals surface area contributed by atoms with E-state index < -0.39 is 0 Å². The molecule has 4 nitrogen and oxygen atoms in total. The molecule has 1 aromatic rings. The van der Waals surface area contributed by atoms with Crippen LogP contribution in [0.3, 0.4) is 0 Å². The number of amides is 1. The molecule has 0 bridgehead atoms. The predicted octanol–water partition coefficient (Wildman–Crippen LogP) is 6.21. The molecule has 0 aromatic heterocycles. The fourth-order valence-electron chi connectivity index (χ4n) is 3.51. The van der Waals surface area contributed by atoms with Gasteiger partial charge in [-0.3, -0.25) is 5.32 Å². The maximum atomic E-state index is 12.5. The number of hydrogen-bond donors (Lipinski definition) is 1. The minimum atomic E-state index is -0.360. The molecular weight excluding hydrogens is 372 g/mol. The van der Waals surface area contributed by atoms with E-state index in [1.807, 2.05) is 56.4 Å². The standard InChI is InChI=1S/C26H36N2O2.H2/c1-4-6-8-9-13-19-28-20-17-24(18-21-28)30-26(29)27-25(16-7-5-2)22(3)23-14-11-10-12-15-23;/h4-12,14-16,22,24H,13,17-21H2,1-3H3,(H,27,29);1H/b6-4-,7-5-,9-8-,25-16+;. The van der Waals surface area contributed by atoms with Crippen LogP contribution in [0.5, 0.6) is 0 Å². The van der Waals surface area contributed by atoms with Crippen molar-refractivity contribution in [1.82, 2.24) is 10.2 Å². The Balaban J connectivity index is 0.00000480. The van der Waals surface area contributed by atoms with Crippen LogP contribution in [0.15, 0.2) is 78.6 Å². The highest BCUT2D eigenvalue weighted by molar-refractivity contribution is 5.70. The smallest absolute Gasteiger partial charge is 0.411 e. The van der Waals surface area contributed by atoms with E-state index >= 15 is 0 Å². The van der Waals surface area contributed by atoms with E-state index in [4.69, 9.17) is 4.74 Å². The van der Waals surface area contributed by atoms with E-state index in [1.165, 1.54) is 0 Å². The molecule has 0 radical (unpaired) electrons. The maximum absolute atomic E-state index is 12.5. The molecule has 1 aromatic carbocycles. The molecular formula is C26H38N2O2. The lowest BCUT2D eigenvalue weighted by Crippen LogP contribution is -2.40. The van der Waals surface area contributed by atoms with Crippen molar-refractivity contribution in [1.29, 1.82) is 0 Å². The Kier molecular flexibility index (Phi) is 10.7. The van der Waals surface area contributed by atoms with E-state index in [-0.39, 0.29) is 19.5 Å². The molecule has 1 saturated heterocycles. The number of allylic oxidation sites excluding steroid dienone is 7. The molecule has 1 unspecified atom stereocenters. The average Bonchev–Trinajstić information content (AvgIpc) is 2.77. The summed E-state index contributed by atoms with van der Waals surface area (Å²) in [5.74, 6) is 0.0763. The lowest BCUT2D eigenvalue weighted by molar-refractivity contribution is 0.0525. The number of carbonyl (C=O) groups is 1. The molecule has 1 aliphatic rings. The number of nitrogens with one attached hydrogen (secondary N) is 1. The fourth-order valence-corrected chi connectivity index (χ4v) is 3.51. The minimum Gasteiger partial charge on any atom is -0.446 e. The molecule has 1 fully saturated rings. The van der Waals surface area contributed by atoms with Gasteiger partial charge < -0.3 is 9.64 Å². The summed E-state index contributed by atoms with van der Waals surface area (Å²) in [6.45, 7) is 9.07. The highest BCUT2D eigenvalue weighted by atomic mass is 16.6. The summed E-state index contributed by atoms with van der Waals surface area (Å²) in [5, 5.41) is 2.98. The van der Waals surface area contributed by atoms with Crippen LogP contribution in [0.25, 0.3) is 0 Å². The molecule has 30 heavy (non-hydrogen) atoms. The molecule has 1 heterocycles. The molecule has 1 aliphatic heterocycles. The lowest BCUT2D eigenvalue weighted by Gasteiger charge is -2.31. The van der Waals surface area contributed by atoms with E-state index in [0.29, 0.717) is 0 Å². The summed E-state index contributed by atoms with van der Waals surface area (Å²) in [6, 6.07) is 10.2. The zero-order valence-electron chi connectivity index (χ0n) is 18.6. The number of hydrogen-bond acceptors (Lipinski definition) is 3. The summed E-state index contributed by atoms with van der Waals surface area (Å²) < 4.78 is 5.73. The third-order valence-corrected chi connectivity index (χ3v) is 5.34. The average molecular weight is 411 g/mol. The van der Waals surface area contributed by atoms with Gasteiger partial charge in [0.05, 0.1) is 0 Å². The van der Waals surface area contributed by atoms with E-state index in [9.17, 15) is 4.79 Å². The van der Waals surface area contributed by atoms with Gasteiger partial charge >= 0.3 is 6.09 Å². The Morgan fingerprint density at radius 2 is 1.87 bits per heavy atom. The van der Waals surface area contributed by atoms with Crippen molar-refractivity contribution in [3.05, 3.63) is 84.1 Å². The predicted molar refractivity (Wildman–Crippen MR) is 128 cm³/mol. The number of alkyl carbamates (subject to hydrolysis) is 1. The Labute approximate surface area is 183 Å². The van der Waals surface area contributed by atoms with Crippen LogP contribution in [0.1, 0.15) is 52.9 Å². The fraction of sp³-hybridized carbons (Fsp3) is 0.423. The molecule has 1 amide bonds. The Morgan fingerprint density at radius 3 is 2.53 bits per heavy atom. The Bertz CT molecular complexity index is 748. The van der Waals surface area contributed by atoms with Gasteiger partial charge in [-0.25, -0.2) is 4.79 Å². The van der Waals surface area contributed by atoms with Crippen molar-refractivity contribution in [3.63, 3.8) is 0 Å². The topological polar surface area (TPSA) is 41.6 Å². The lowest BCUT2D eigenvalue weighted by atomic mass is 9.97. The number of likely N-dealkylation sites (tertiary alicyclic amines) is 1. The minimum absolute atomic E-state index is 0. The van der Waals surface area contributed by atoms with Gasteiger partial charge in [-0.05, 0) is 44.7 Å². The highest BCUT2D eigenvalue weighted by Gasteiger charge is 2.23. The summed E-state index contributed by atoms with van der Waals surface area (Å²) >= 11 is 0. The second kappa shape index (κ2) is 13.6. The van der Waals surface area contributed by atoms with Crippen molar-refractivity contribution in [2.45, 2.75) is 52.1 Å². The molecule has 2 rings (SSSR count). The van der Waals surface area contributed by atoms with Crippen molar-refractivity contribution >= 4 is 6.09 Å². The molecule has 0 saturated carbocycles. The highest BCUT2D eigenvalue weighted by Crippen LogP contribution is 2.22. The summed E-state index contributed by atoms with van der Waals surface area (Å²) in [5.41, 5.74) is 2.00. The van der Waals surface area contributed by atoms with E-state index in [2.05, 4.69) is 47.5 Å². The molecule has 164 valence electrons. The molecule has 1 atom stereocenters. The first-order chi connectivity index (χ1) is 14.6. The van der Waals surface area contributed by atoms with E-state index in [1.54, 1.807) is 0 Å². The first-order valence-electron chi connectivity index (χ1n) is 11.0. The van der Waals surface area contributed by atoms with Crippen LogP contribution in [-0.4, -0.2) is 36.7 Å². The van der Waals surface area contributed by atoms with Gasteiger partial charge in [0.25, 0.3) is 0 Å². The number of rotatable bonds is 9. The third-order valence-electron chi connectivity index (χ3n) is 5.34. The maximum Gasteiger partial charge on any atom is 0.411 e. The molecule has 0 aliphatic carbocycles. The zero-order chi connectivity index (χ0) is 21.6. The van der Waals surface area contributed by atoms with Crippen LogP contribution in [0, 0.1) is 0 Å². The van der Waals surface area contributed by atoms with Gasteiger partial charge in [-0.1, -0.05) is 73.7 Å². The number of benzene rings is 1. The van der Waals surface area contributed by atoms with Gasteiger partial charge in [0, 0.05) is 32.7 Å². The van der Waals surface area contributed by atoms with Crippen LogP contribution < -0.4 is 5.32 Å². The largest absolute Gasteiger partial charge is 0.446 e. The second-order valence-corrected chi connectivity index (χ2v) is 7.59. The third kappa shape index (κ3) is 8.42. The Hall–Kier alpha value is -2.59. The summed E-state index contributed by atoms with van der Waals surface area (Å²) in [4.78, 5) is 15.0. The monoisotopic (exact) mass is 410 g/mol. The van der Waals surface area contributed by atoms with Crippen LogP contribution in [-0.2, 0) is 4.74 Å². The number of ether oxygens (including phenoxy) is 1. The summed E-state index contributed by atoms with van der Waals surface area (Å²) in [7, 11) is 0. The molecule has 4 heteroatoms. The summed E-state index contributed by atoms with van der Waals surface area (Å²) in [6.07, 6.45) is 16.7. The van der Waals surface area contributed by atoms with Crippen LogP contribution in [0.2, 0.25) is 0 Å².